The highest BCUT2D eigenvalue weighted by Gasteiger charge is 2.37. The lowest BCUT2D eigenvalue weighted by molar-refractivity contribution is 0.0564. The quantitative estimate of drug-likeness (QED) is 0.704. The van der Waals surface area contributed by atoms with Crippen molar-refractivity contribution in [1.29, 1.82) is 0 Å². The third kappa shape index (κ3) is 5.25. The van der Waals surface area contributed by atoms with Crippen molar-refractivity contribution in [3.8, 4) is 0 Å². The van der Waals surface area contributed by atoms with Gasteiger partial charge in [-0.05, 0) is 62.4 Å². The minimum atomic E-state index is 0.558. The fourth-order valence-electron chi connectivity index (χ4n) is 4.76. The van der Waals surface area contributed by atoms with Crippen LogP contribution in [-0.2, 0) is 0 Å². The summed E-state index contributed by atoms with van der Waals surface area (Å²) in [4.78, 5) is 2.81. The highest BCUT2D eigenvalue weighted by molar-refractivity contribution is 4.91. The van der Waals surface area contributed by atoms with E-state index in [1.165, 1.54) is 84.1 Å². The molecule has 1 aliphatic carbocycles. The molecular formula is C19H38N2. The maximum absolute atomic E-state index is 3.75. The molecule has 0 amide bonds. The van der Waals surface area contributed by atoms with Crippen LogP contribution in [-0.4, -0.2) is 37.6 Å². The molecule has 1 aliphatic heterocycles. The first-order valence-electron chi connectivity index (χ1n) is 9.60. The Labute approximate surface area is 133 Å². The molecule has 2 aliphatic rings. The summed E-state index contributed by atoms with van der Waals surface area (Å²) < 4.78 is 0. The number of hydrogen-bond acceptors (Lipinski definition) is 2. The molecule has 0 spiro atoms. The zero-order valence-corrected chi connectivity index (χ0v) is 14.8. The monoisotopic (exact) mass is 294 g/mol. The summed E-state index contributed by atoms with van der Waals surface area (Å²) in [5.41, 5.74) is 0.558. The number of likely N-dealkylation sites (tertiary alicyclic amines) is 1. The van der Waals surface area contributed by atoms with Crippen molar-refractivity contribution in [1.82, 2.24) is 10.2 Å². The number of piperidine rings is 1. The molecule has 2 rings (SSSR count). The lowest BCUT2D eigenvalue weighted by atomic mass is 9.69. The van der Waals surface area contributed by atoms with Gasteiger partial charge in [0.25, 0.3) is 0 Å². The molecule has 2 heteroatoms. The summed E-state index contributed by atoms with van der Waals surface area (Å²) in [6.45, 7) is 13.6. The van der Waals surface area contributed by atoms with Crippen LogP contribution < -0.4 is 5.32 Å². The van der Waals surface area contributed by atoms with E-state index in [9.17, 15) is 0 Å². The van der Waals surface area contributed by atoms with Crippen LogP contribution in [0.3, 0.4) is 0 Å². The molecule has 21 heavy (non-hydrogen) atoms. The van der Waals surface area contributed by atoms with Gasteiger partial charge in [0.2, 0.25) is 0 Å². The molecule has 2 fully saturated rings. The van der Waals surface area contributed by atoms with E-state index >= 15 is 0 Å². The summed E-state index contributed by atoms with van der Waals surface area (Å²) in [7, 11) is 0. The minimum absolute atomic E-state index is 0.558. The first kappa shape index (κ1) is 17.3. The Hall–Kier alpha value is -0.0800. The Bertz CT molecular complexity index is 291. The van der Waals surface area contributed by atoms with Crippen molar-refractivity contribution in [3.63, 3.8) is 0 Å². The standard InChI is InChI=1S/C19H38N2/c1-4-11-20-15-19(10-6-8-17(3)13-19)16-21-12-7-9-18(5-2)14-21/h17-18,20H,4-16H2,1-3H3. The molecule has 3 unspecified atom stereocenters. The Kier molecular flexibility index (Phi) is 7.01. The number of nitrogens with zero attached hydrogens (tertiary/aromatic N) is 1. The molecule has 3 atom stereocenters. The largest absolute Gasteiger partial charge is 0.316 e. The van der Waals surface area contributed by atoms with Gasteiger partial charge < -0.3 is 10.2 Å². The van der Waals surface area contributed by atoms with E-state index in [2.05, 4.69) is 31.0 Å². The van der Waals surface area contributed by atoms with Crippen LogP contribution in [0.25, 0.3) is 0 Å². The molecule has 1 heterocycles. The molecule has 2 nitrogen and oxygen atoms in total. The molecule has 1 N–H and O–H groups in total. The zero-order chi connectivity index (χ0) is 15.1. The minimum Gasteiger partial charge on any atom is -0.316 e. The van der Waals surface area contributed by atoms with Gasteiger partial charge in [0, 0.05) is 19.6 Å². The van der Waals surface area contributed by atoms with Crippen molar-refractivity contribution in [3.05, 3.63) is 0 Å². The number of nitrogens with one attached hydrogen (secondary N) is 1. The maximum Gasteiger partial charge on any atom is 0.00504 e. The van der Waals surface area contributed by atoms with Crippen molar-refractivity contribution in [2.45, 2.75) is 72.1 Å². The summed E-state index contributed by atoms with van der Waals surface area (Å²) in [6.07, 6.45) is 11.3. The average molecular weight is 295 g/mol. The topological polar surface area (TPSA) is 15.3 Å². The van der Waals surface area contributed by atoms with E-state index in [1.54, 1.807) is 0 Å². The van der Waals surface area contributed by atoms with Crippen molar-refractivity contribution in [2.75, 3.05) is 32.7 Å². The van der Waals surface area contributed by atoms with E-state index in [0.29, 0.717) is 5.41 Å². The van der Waals surface area contributed by atoms with Crippen LogP contribution in [0.2, 0.25) is 0 Å². The van der Waals surface area contributed by atoms with Gasteiger partial charge in [0.1, 0.15) is 0 Å². The second kappa shape index (κ2) is 8.53. The predicted molar refractivity (Wildman–Crippen MR) is 92.7 cm³/mol. The van der Waals surface area contributed by atoms with Gasteiger partial charge in [-0.25, -0.2) is 0 Å². The average Bonchev–Trinajstić information content (AvgIpc) is 2.47. The predicted octanol–water partition coefficient (Wildman–Crippen LogP) is 4.30. The molecule has 0 aromatic heterocycles. The van der Waals surface area contributed by atoms with Gasteiger partial charge in [0.15, 0.2) is 0 Å². The second-order valence-corrected chi connectivity index (χ2v) is 8.03. The maximum atomic E-state index is 3.75. The number of rotatable bonds is 7. The second-order valence-electron chi connectivity index (χ2n) is 8.03. The van der Waals surface area contributed by atoms with E-state index in [-0.39, 0.29) is 0 Å². The van der Waals surface area contributed by atoms with E-state index in [1.807, 2.05) is 0 Å². The molecule has 0 aromatic rings. The third-order valence-electron chi connectivity index (χ3n) is 5.85. The lowest BCUT2D eigenvalue weighted by Crippen LogP contribution is -2.49. The van der Waals surface area contributed by atoms with Crippen LogP contribution in [0.15, 0.2) is 0 Å². The van der Waals surface area contributed by atoms with Gasteiger partial charge in [-0.1, -0.05) is 40.0 Å². The van der Waals surface area contributed by atoms with Gasteiger partial charge in [0.05, 0.1) is 0 Å². The van der Waals surface area contributed by atoms with Gasteiger partial charge in [-0.2, -0.15) is 0 Å². The molecule has 0 bridgehead atoms. The molecule has 0 aromatic carbocycles. The fraction of sp³-hybridized carbons (Fsp3) is 1.00. The van der Waals surface area contributed by atoms with Crippen LogP contribution in [0, 0.1) is 17.3 Å². The smallest absolute Gasteiger partial charge is 0.00504 e. The summed E-state index contributed by atoms with van der Waals surface area (Å²) in [6, 6.07) is 0. The molecule has 0 radical (unpaired) electrons. The Balaban J connectivity index is 1.94. The van der Waals surface area contributed by atoms with E-state index in [4.69, 9.17) is 0 Å². The van der Waals surface area contributed by atoms with Crippen LogP contribution >= 0.6 is 0 Å². The Morgan fingerprint density at radius 3 is 2.76 bits per heavy atom. The van der Waals surface area contributed by atoms with Crippen LogP contribution in [0.1, 0.15) is 72.1 Å². The van der Waals surface area contributed by atoms with E-state index in [0.717, 1.165) is 11.8 Å². The number of hydrogen-bond donors (Lipinski definition) is 1. The normalized spacial score (nSPS) is 35.0. The summed E-state index contributed by atoms with van der Waals surface area (Å²) in [5.74, 6) is 1.88. The molecule has 1 saturated carbocycles. The molecular weight excluding hydrogens is 256 g/mol. The van der Waals surface area contributed by atoms with Crippen LogP contribution in [0.4, 0.5) is 0 Å². The van der Waals surface area contributed by atoms with Crippen molar-refractivity contribution in [2.24, 2.45) is 17.3 Å². The summed E-state index contributed by atoms with van der Waals surface area (Å²) in [5, 5.41) is 3.75. The lowest BCUT2D eigenvalue weighted by Gasteiger charge is -2.45. The first-order chi connectivity index (χ1) is 10.2. The van der Waals surface area contributed by atoms with Crippen molar-refractivity contribution < 1.29 is 0 Å². The van der Waals surface area contributed by atoms with Gasteiger partial charge >= 0.3 is 0 Å². The van der Waals surface area contributed by atoms with E-state index < -0.39 is 0 Å². The van der Waals surface area contributed by atoms with Gasteiger partial charge in [-0.3, -0.25) is 0 Å². The highest BCUT2D eigenvalue weighted by Crippen LogP contribution is 2.40. The van der Waals surface area contributed by atoms with Gasteiger partial charge in [-0.15, -0.1) is 0 Å². The molecule has 124 valence electrons. The van der Waals surface area contributed by atoms with Crippen molar-refractivity contribution >= 4 is 0 Å². The Morgan fingerprint density at radius 1 is 1.19 bits per heavy atom. The fourth-order valence-corrected chi connectivity index (χ4v) is 4.76. The Morgan fingerprint density at radius 2 is 2.05 bits per heavy atom. The molecule has 1 saturated heterocycles. The third-order valence-corrected chi connectivity index (χ3v) is 5.85. The van der Waals surface area contributed by atoms with Crippen LogP contribution in [0.5, 0.6) is 0 Å². The first-order valence-corrected chi connectivity index (χ1v) is 9.60. The summed E-state index contributed by atoms with van der Waals surface area (Å²) >= 11 is 0. The highest BCUT2D eigenvalue weighted by atomic mass is 15.1. The zero-order valence-electron chi connectivity index (χ0n) is 14.8. The SMILES string of the molecule is CCCNCC1(CN2CCCC(CC)C2)CCCC(C)C1.